The van der Waals surface area contributed by atoms with E-state index >= 15 is 0 Å². The summed E-state index contributed by atoms with van der Waals surface area (Å²) in [6.45, 7) is 8.60. The van der Waals surface area contributed by atoms with Crippen molar-refractivity contribution in [3.8, 4) is 5.75 Å². The Balaban J connectivity index is 1.65. The lowest BCUT2D eigenvalue weighted by Gasteiger charge is -2.40. The van der Waals surface area contributed by atoms with Crippen LogP contribution in [-0.4, -0.2) is 47.4 Å². The van der Waals surface area contributed by atoms with Crippen LogP contribution in [0.1, 0.15) is 58.7 Å². The molecule has 34 heavy (non-hydrogen) atoms. The quantitative estimate of drug-likeness (QED) is 0.490. The van der Waals surface area contributed by atoms with E-state index in [1.807, 2.05) is 31.7 Å². The van der Waals surface area contributed by atoms with Crippen LogP contribution in [0.4, 0.5) is 0 Å². The van der Waals surface area contributed by atoms with Gasteiger partial charge in [0.15, 0.2) is 0 Å². The Morgan fingerprint density at radius 1 is 1.12 bits per heavy atom. The van der Waals surface area contributed by atoms with Gasteiger partial charge in [-0.3, -0.25) is 9.59 Å². The van der Waals surface area contributed by atoms with Crippen molar-refractivity contribution in [2.24, 2.45) is 0 Å². The van der Waals surface area contributed by atoms with E-state index in [1.54, 1.807) is 41.5 Å². The minimum atomic E-state index is -0.529. The normalized spacial score (nSPS) is 15.6. The minimum absolute atomic E-state index is 0.0153. The number of ether oxygens (including phenoxy) is 1. The first kappa shape index (κ1) is 24.0. The molecule has 1 unspecified atom stereocenters. The fraction of sp³-hybridized carbons (Fsp3) is 0.357. The zero-order valence-electron chi connectivity index (χ0n) is 20.5. The number of carbonyl (C=O) groups excluding carboxylic acids is 2. The molecule has 3 aromatic rings. The average molecular weight is 477 g/mol. The Morgan fingerprint density at radius 3 is 2.53 bits per heavy atom. The van der Waals surface area contributed by atoms with Gasteiger partial charge < -0.3 is 14.5 Å². The van der Waals surface area contributed by atoms with Gasteiger partial charge >= 0.3 is 0 Å². The van der Waals surface area contributed by atoms with Crippen molar-refractivity contribution in [3.05, 3.63) is 87.1 Å². The van der Waals surface area contributed by atoms with Crippen molar-refractivity contribution in [2.45, 2.75) is 45.7 Å². The number of amides is 2. The highest BCUT2D eigenvalue weighted by Gasteiger charge is 2.36. The van der Waals surface area contributed by atoms with Crippen LogP contribution in [0.3, 0.4) is 0 Å². The van der Waals surface area contributed by atoms with Crippen molar-refractivity contribution in [2.75, 3.05) is 20.2 Å². The van der Waals surface area contributed by atoms with Crippen LogP contribution in [0.2, 0.25) is 0 Å². The molecule has 5 nitrogen and oxygen atoms in total. The van der Waals surface area contributed by atoms with Crippen molar-refractivity contribution in [3.63, 3.8) is 0 Å². The number of fused-ring (bicyclic) bond motifs is 1. The number of nitrogens with zero attached hydrogens (tertiary/aromatic N) is 2. The Labute approximate surface area is 206 Å². The molecule has 2 heterocycles. The molecular formula is C28H32N2O3S. The molecule has 0 saturated carbocycles. The third-order valence-corrected chi connectivity index (χ3v) is 7.34. The number of hydrogen-bond donors (Lipinski definition) is 0. The third kappa shape index (κ3) is 4.87. The molecular weight excluding hydrogens is 444 g/mol. The summed E-state index contributed by atoms with van der Waals surface area (Å²) >= 11 is 1.75. The Bertz CT molecular complexity index is 1180. The van der Waals surface area contributed by atoms with Gasteiger partial charge in [-0.25, -0.2) is 0 Å². The molecule has 1 aromatic heterocycles. The second-order valence-corrected chi connectivity index (χ2v) is 10.7. The number of benzene rings is 2. The van der Waals surface area contributed by atoms with E-state index in [9.17, 15) is 9.59 Å². The van der Waals surface area contributed by atoms with Gasteiger partial charge in [0, 0.05) is 22.5 Å². The molecule has 0 radical (unpaired) electrons. The highest BCUT2D eigenvalue weighted by molar-refractivity contribution is 7.10. The lowest BCUT2D eigenvalue weighted by molar-refractivity contribution is -0.135. The van der Waals surface area contributed by atoms with Gasteiger partial charge in [-0.2, -0.15) is 0 Å². The Morgan fingerprint density at radius 2 is 1.85 bits per heavy atom. The first-order valence-corrected chi connectivity index (χ1v) is 12.5. The number of aryl methyl sites for hydroxylation is 1. The molecule has 1 aliphatic heterocycles. The van der Waals surface area contributed by atoms with Crippen LogP contribution in [0.5, 0.6) is 5.75 Å². The Hall–Kier alpha value is -3.12. The van der Waals surface area contributed by atoms with Crippen LogP contribution in [0.15, 0.2) is 60.0 Å². The SMILES string of the molecule is COc1cccc(C(=O)N(CC(=O)N2CCc3sccc3C2c2ccc(C)cc2)C(C)(C)C)c1. The summed E-state index contributed by atoms with van der Waals surface area (Å²) in [5.74, 6) is 0.389. The van der Waals surface area contributed by atoms with Gasteiger partial charge in [-0.15, -0.1) is 11.3 Å². The van der Waals surface area contributed by atoms with E-state index in [4.69, 9.17) is 4.74 Å². The summed E-state index contributed by atoms with van der Waals surface area (Å²) in [6.07, 6.45) is 0.834. The second-order valence-electron chi connectivity index (χ2n) is 9.74. The highest BCUT2D eigenvalue weighted by atomic mass is 32.1. The molecule has 0 N–H and O–H groups in total. The van der Waals surface area contributed by atoms with Gasteiger partial charge in [0.05, 0.1) is 13.2 Å². The van der Waals surface area contributed by atoms with E-state index in [0.717, 1.165) is 12.0 Å². The van der Waals surface area contributed by atoms with Gasteiger partial charge in [0.25, 0.3) is 5.91 Å². The van der Waals surface area contributed by atoms with E-state index in [2.05, 4.69) is 42.6 Å². The van der Waals surface area contributed by atoms with Crippen molar-refractivity contribution >= 4 is 23.2 Å². The predicted octanol–water partition coefficient (Wildman–Crippen LogP) is 5.48. The fourth-order valence-corrected chi connectivity index (χ4v) is 5.35. The van der Waals surface area contributed by atoms with Crippen LogP contribution in [0.25, 0.3) is 0 Å². The molecule has 0 saturated heterocycles. The number of carbonyl (C=O) groups is 2. The standard InChI is InChI=1S/C28H32N2O3S/c1-19-9-11-20(12-10-19)26-23-14-16-34-24(23)13-15-29(26)25(31)18-30(28(2,3)4)27(32)21-7-6-8-22(17-21)33-5/h6-12,14,16-17,26H,13,15,18H2,1-5H3. The van der Waals surface area contributed by atoms with Gasteiger partial charge in [0.2, 0.25) is 5.91 Å². The van der Waals surface area contributed by atoms with Crippen LogP contribution in [0, 0.1) is 6.92 Å². The minimum Gasteiger partial charge on any atom is -0.497 e. The molecule has 6 heteroatoms. The fourth-order valence-electron chi connectivity index (χ4n) is 4.44. The molecule has 0 fully saturated rings. The number of rotatable bonds is 5. The van der Waals surface area contributed by atoms with E-state index in [0.29, 0.717) is 17.9 Å². The van der Waals surface area contributed by atoms with Crippen LogP contribution in [-0.2, 0) is 11.2 Å². The molecule has 0 aliphatic carbocycles. The molecule has 0 bridgehead atoms. The number of hydrogen-bond acceptors (Lipinski definition) is 4. The van der Waals surface area contributed by atoms with Crippen molar-refractivity contribution in [1.29, 1.82) is 0 Å². The van der Waals surface area contributed by atoms with Crippen LogP contribution >= 0.6 is 11.3 Å². The number of thiophene rings is 1. The lowest BCUT2D eigenvalue weighted by atomic mass is 9.92. The largest absolute Gasteiger partial charge is 0.497 e. The highest BCUT2D eigenvalue weighted by Crippen LogP contribution is 2.38. The number of methoxy groups -OCH3 is 1. The van der Waals surface area contributed by atoms with E-state index in [-0.39, 0.29) is 24.4 Å². The average Bonchev–Trinajstić information content (AvgIpc) is 3.30. The van der Waals surface area contributed by atoms with Gasteiger partial charge in [0.1, 0.15) is 12.3 Å². The molecule has 0 spiro atoms. The van der Waals surface area contributed by atoms with Crippen LogP contribution < -0.4 is 4.74 Å². The van der Waals surface area contributed by atoms with Gasteiger partial charge in [-0.05, 0) is 74.9 Å². The predicted molar refractivity (Wildman–Crippen MR) is 137 cm³/mol. The summed E-state index contributed by atoms with van der Waals surface area (Å²) < 4.78 is 5.30. The maximum Gasteiger partial charge on any atom is 0.254 e. The summed E-state index contributed by atoms with van der Waals surface area (Å²) in [4.78, 5) is 32.3. The van der Waals surface area contributed by atoms with E-state index < -0.39 is 5.54 Å². The van der Waals surface area contributed by atoms with E-state index in [1.165, 1.54) is 16.0 Å². The zero-order chi connectivity index (χ0) is 24.5. The first-order chi connectivity index (χ1) is 16.2. The first-order valence-electron chi connectivity index (χ1n) is 11.6. The summed E-state index contributed by atoms with van der Waals surface area (Å²) in [7, 11) is 1.58. The smallest absolute Gasteiger partial charge is 0.254 e. The third-order valence-electron chi connectivity index (χ3n) is 6.34. The summed E-state index contributed by atoms with van der Waals surface area (Å²) in [5, 5.41) is 2.10. The zero-order valence-corrected chi connectivity index (χ0v) is 21.3. The maximum absolute atomic E-state index is 13.8. The van der Waals surface area contributed by atoms with Crippen molar-refractivity contribution in [1.82, 2.24) is 9.80 Å². The molecule has 178 valence electrons. The summed E-state index contributed by atoms with van der Waals surface area (Å²) in [5.41, 5.74) is 3.45. The summed E-state index contributed by atoms with van der Waals surface area (Å²) in [6, 6.07) is 17.5. The van der Waals surface area contributed by atoms with Crippen molar-refractivity contribution < 1.29 is 14.3 Å². The Kier molecular flexibility index (Phi) is 6.80. The second kappa shape index (κ2) is 9.63. The molecule has 1 atom stereocenters. The monoisotopic (exact) mass is 476 g/mol. The lowest BCUT2D eigenvalue weighted by Crippen LogP contribution is -2.52. The molecule has 2 amide bonds. The maximum atomic E-state index is 13.8. The van der Waals surface area contributed by atoms with Gasteiger partial charge in [-0.1, -0.05) is 35.9 Å². The molecule has 2 aromatic carbocycles. The topological polar surface area (TPSA) is 49.9 Å². The molecule has 4 rings (SSSR count). The molecule has 1 aliphatic rings.